The zero-order valence-electron chi connectivity index (χ0n) is 9.98. The highest BCUT2D eigenvalue weighted by atomic mass is 16.5. The molecule has 0 atom stereocenters. The summed E-state index contributed by atoms with van der Waals surface area (Å²) in [5.74, 6) is -1.59. The van der Waals surface area contributed by atoms with Gasteiger partial charge in [0.2, 0.25) is 0 Å². The first kappa shape index (κ1) is 13.6. The van der Waals surface area contributed by atoms with E-state index >= 15 is 0 Å². The van der Waals surface area contributed by atoms with Crippen LogP contribution in [0.5, 0.6) is 5.75 Å². The first-order valence-corrected chi connectivity index (χ1v) is 5.05. The molecule has 1 amide bonds. The van der Waals surface area contributed by atoms with Gasteiger partial charge in [0.05, 0.1) is 7.11 Å². The molecular weight excluding hydrogens is 238 g/mol. The van der Waals surface area contributed by atoms with Gasteiger partial charge in [-0.15, -0.1) is 0 Å². The Hall–Kier alpha value is -2.44. The summed E-state index contributed by atoms with van der Waals surface area (Å²) < 4.78 is 4.36. The van der Waals surface area contributed by atoms with Crippen LogP contribution in [0.1, 0.15) is 21.6 Å². The summed E-state index contributed by atoms with van der Waals surface area (Å²) in [5, 5.41) is 19.1. The molecule has 1 aromatic rings. The van der Waals surface area contributed by atoms with E-state index in [0.29, 0.717) is 11.1 Å². The van der Waals surface area contributed by atoms with Crippen molar-refractivity contribution in [3.05, 3.63) is 23.0 Å². The van der Waals surface area contributed by atoms with Crippen molar-refractivity contribution in [1.29, 1.82) is 5.41 Å². The van der Waals surface area contributed by atoms with Crippen molar-refractivity contribution in [2.24, 2.45) is 0 Å². The van der Waals surface area contributed by atoms with E-state index < -0.39 is 11.9 Å². The molecule has 1 rings (SSSR count). The molecule has 0 aromatic carbocycles. The fourth-order valence-electron chi connectivity index (χ4n) is 1.23. The maximum Gasteiger partial charge on any atom is 0.325 e. The van der Waals surface area contributed by atoms with Gasteiger partial charge < -0.3 is 20.6 Å². The average Bonchev–Trinajstić information content (AvgIpc) is 2.38. The van der Waals surface area contributed by atoms with Crippen LogP contribution in [-0.4, -0.2) is 41.8 Å². The lowest BCUT2D eigenvalue weighted by atomic mass is 10.1. The molecule has 0 radical (unpaired) electrons. The second-order valence-corrected chi connectivity index (χ2v) is 3.44. The maximum atomic E-state index is 11.6. The molecule has 0 bridgehead atoms. The molecule has 0 aliphatic carbocycles. The smallest absolute Gasteiger partial charge is 0.325 e. The van der Waals surface area contributed by atoms with E-state index in [9.17, 15) is 14.7 Å². The number of hydrogen-bond donors (Lipinski definition) is 3. The van der Waals surface area contributed by atoms with Crippen molar-refractivity contribution >= 4 is 18.1 Å². The molecule has 7 nitrogen and oxygen atoms in total. The van der Waals surface area contributed by atoms with Crippen molar-refractivity contribution in [3.8, 4) is 5.75 Å². The summed E-state index contributed by atoms with van der Waals surface area (Å²) in [4.78, 5) is 26.2. The highest BCUT2D eigenvalue weighted by Gasteiger charge is 2.17. The highest BCUT2D eigenvalue weighted by Crippen LogP contribution is 2.21. The zero-order valence-corrected chi connectivity index (χ0v) is 9.98. The molecule has 0 unspecified atom stereocenters. The van der Waals surface area contributed by atoms with Crippen molar-refractivity contribution in [2.75, 3.05) is 13.7 Å². The first-order valence-electron chi connectivity index (χ1n) is 5.05. The minimum absolute atomic E-state index is 0.193. The van der Waals surface area contributed by atoms with Crippen LogP contribution < -0.4 is 5.32 Å². The van der Waals surface area contributed by atoms with Gasteiger partial charge in [-0.2, -0.15) is 0 Å². The maximum absolute atomic E-state index is 11.6. The average molecular weight is 251 g/mol. The Bertz CT molecular complexity index is 499. The number of rotatable bonds is 4. The van der Waals surface area contributed by atoms with E-state index in [2.05, 4.69) is 15.0 Å². The molecule has 0 saturated heterocycles. The second kappa shape index (κ2) is 5.76. The Morgan fingerprint density at radius 1 is 1.61 bits per heavy atom. The van der Waals surface area contributed by atoms with Crippen LogP contribution in [0.4, 0.5) is 0 Å². The summed E-state index contributed by atoms with van der Waals surface area (Å²) >= 11 is 0. The molecule has 1 aromatic heterocycles. The van der Waals surface area contributed by atoms with Gasteiger partial charge in [-0.3, -0.25) is 9.59 Å². The van der Waals surface area contributed by atoms with E-state index in [0.717, 1.165) is 6.21 Å². The van der Waals surface area contributed by atoms with Crippen molar-refractivity contribution in [1.82, 2.24) is 10.3 Å². The predicted molar refractivity (Wildman–Crippen MR) is 62.9 cm³/mol. The number of amides is 1. The van der Waals surface area contributed by atoms with Crippen LogP contribution in [0.15, 0.2) is 6.20 Å². The number of aromatic nitrogens is 1. The standard InChI is InChI=1S/C11H13N3O4/c1-6-7(3-12)4-13-9(10(6)16)11(17)14-5-8(15)18-2/h3-4,12,16H,5H2,1-2H3,(H,14,17). The second-order valence-electron chi connectivity index (χ2n) is 3.44. The monoisotopic (exact) mass is 251 g/mol. The summed E-state index contributed by atoms with van der Waals surface area (Å²) in [5.41, 5.74) is 0.599. The molecule has 3 N–H and O–H groups in total. The molecule has 0 spiro atoms. The SMILES string of the molecule is COC(=O)CNC(=O)c1ncc(C=N)c(C)c1O. The van der Waals surface area contributed by atoms with Gasteiger partial charge >= 0.3 is 5.97 Å². The minimum Gasteiger partial charge on any atom is -0.505 e. The van der Waals surface area contributed by atoms with Crippen molar-refractivity contribution in [2.45, 2.75) is 6.92 Å². The number of nitrogens with one attached hydrogen (secondary N) is 2. The van der Waals surface area contributed by atoms with E-state index in [4.69, 9.17) is 5.41 Å². The molecular formula is C11H13N3O4. The van der Waals surface area contributed by atoms with Crippen LogP contribution in [0, 0.1) is 12.3 Å². The van der Waals surface area contributed by atoms with Crippen LogP contribution in [0.2, 0.25) is 0 Å². The van der Waals surface area contributed by atoms with Crippen molar-refractivity contribution < 1.29 is 19.4 Å². The van der Waals surface area contributed by atoms with Crippen LogP contribution in [0.3, 0.4) is 0 Å². The van der Waals surface area contributed by atoms with Crippen LogP contribution in [-0.2, 0) is 9.53 Å². The van der Waals surface area contributed by atoms with E-state index in [1.165, 1.54) is 13.3 Å². The Morgan fingerprint density at radius 2 is 2.28 bits per heavy atom. The minimum atomic E-state index is -0.683. The number of aromatic hydroxyl groups is 1. The molecule has 18 heavy (non-hydrogen) atoms. The molecule has 1 heterocycles. The number of carbonyl (C=O) groups is 2. The fourth-order valence-corrected chi connectivity index (χ4v) is 1.23. The Balaban J connectivity index is 2.90. The van der Waals surface area contributed by atoms with Crippen molar-refractivity contribution in [3.63, 3.8) is 0 Å². The lowest BCUT2D eigenvalue weighted by Gasteiger charge is -2.08. The third-order valence-corrected chi connectivity index (χ3v) is 2.34. The third-order valence-electron chi connectivity index (χ3n) is 2.34. The zero-order chi connectivity index (χ0) is 13.7. The fraction of sp³-hybridized carbons (Fsp3) is 0.273. The summed E-state index contributed by atoms with van der Waals surface area (Å²) in [7, 11) is 1.20. The highest BCUT2D eigenvalue weighted by molar-refractivity contribution is 5.97. The van der Waals surface area contributed by atoms with Gasteiger partial charge in [0, 0.05) is 23.5 Å². The molecule has 96 valence electrons. The van der Waals surface area contributed by atoms with Gasteiger partial charge in [-0.25, -0.2) is 4.98 Å². The molecule has 7 heteroatoms. The number of ether oxygens (including phenoxy) is 1. The summed E-state index contributed by atoms with van der Waals surface area (Å²) in [6.45, 7) is 1.26. The lowest BCUT2D eigenvalue weighted by molar-refractivity contribution is -0.139. The number of hydrogen-bond acceptors (Lipinski definition) is 6. The lowest BCUT2D eigenvalue weighted by Crippen LogP contribution is -2.30. The Kier molecular flexibility index (Phi) is 4.36. The predicted octanol–water partition coefficient (Wildman–Crippen LogP) is -0.00391. The number of pyridine rings is 1. The van der Waals surface area contributed by atoms with E-state index in [1.54, 1.807) is 6.92 Å². The normalized spacial score (nSPS) is 9.67. The van der Waals surface area contributed by atoms with Gasteiger partial charge in [-0.1, -0.05) is 0 Å². The Morgan fingerprint density at radius 3 is 2.83 bits per heavy atom. The van der Waals surface area contributed by atoms with Gasteiger partial charge in [0.15, 0.2) is 5.69 Å². The summed E-state index contributed by atoms with van der Waals surface area (Å²) in [6.07, 6.45) is 2.33. The van der Waals surface area contributed by atoms with Crippen LogP contribution in [0.25, 0.3) is 0 Å². The topological polar surface area (TPSA) is 112 Å². The largest absolute Gasteiger partial charge is 0.505 e. The van der Waals surface area contributed by atoms with Crippen LogP contribution >= 0.6 is 0 Å². The number of nitrogens with zero attached hydrogens (tertiary/aromatic N) is 1. The summed E-state index contributed by atoms with van der Waals surface area (Å²) in [6, 6.07) is 0. The quantitative estimate of drug-likeness (QED) is 0.515. The number of esters is 1. The molecule has 0 aliphatic heterocycles. The first-order chi connectivity index (χ1) is 8.51. The Labute approximate surface area is 103 Å². The van der Waals surface area contributed by atoms with E-state index in [1.807, 2.05) is 0 Å². The van der Waals surface area contributed by atoms with E-state index in [-0.39, 0.29) is 18.0 Å². The molecule has 0 saturated carbocycles. The van der Waals surface area contributed by atoms with Gasteiger partial charge in [0.25, 0.3) is 5.91 Å². The van der Waals surface area contributed by atoms with Gasteiger partial charge in [-0.05, 0) is 6.92 Å². The number of carbonyl (C=O) groups excluding carboxylic acids is 2. The number of methoxy groups -OCH3 is 1. The van der Waals surface area contributed by atoms with Gasteiger partial charge in [0.1, 0.15) is 12.3 Å². The molecule has 0 fully saturated rings. The molecule has 0 aliphatic rings. The third kappa shape index (κ3) is 2.82.